The van der Waals surface area contributed by atoms with Gasteiger partial charge in [0.2, 0.25) is 5.91 Å². The van der Waals surface area contributed by atoms with Gasteiger partial charge in [-0.15, -0.1) is 11.3 Å². The number of aryl methyl sites for hydroxylation is 1. The number of hydrogen-bond acceptors (Lipinski definition) is 5. The minimum Gasteiger partial charge on any atom is -0.350 e. The topological polar surface area (TPSA) is 66.9 Å². The van der Waals surface area contributed by atoms with Crippen molar-refractivity contribution in [2.75, 3.05) is 0 Å². The van der Waals surface area contributed by atoms with Gasteiger partial charge in [-0.3, -0.25) is 20.1 Å². The maximum Gasteiger partial charge on any atom is 0.242 e. The Morgan fingerprint density at radius 3 is 2.28 bits per heavy atom. The summed E-state index contributed by atoms with van der Waals surface area (Å²) < 4.78 is 0. The fourth-order valence-corrected chi connectivity index (χ4v) is 3.40. The SMILES string of the molecule is Cc1ccc(C(NCc2cccnc2)C(=O)NCc2cccnc2)s1. The lowest BCUT2D eigenvalue weighted by atomic mass is 10.2. The summed E-state index contributed by atoms with van der Waals surface area (Å²) in [6, 6.07) is 11.3. The molecule has 0 bridgehead atoms. The maximum atomic E-state index is 12.7. The molecule has 1 amide bonds. The predicted octanol–water partition coefficient (Wildman–Crippen LogP) is 2.99. The third-order valence-electron chi connectivity index (χ3n) is 3.73. The lowest BCUT2D eigenvalue weighted by Gasteiger charge is -2.17. The Morgan fingerprint density at radius 2 is 1.72 bits per heavy atom. The van der Waals surface area contributed by atoms with Crippen LogP contribution in [0.2, 0.25) is 0 Å². The molecule has 128 valence electrons. The molecule has 0 aliphatic heterocycles. The van der Waals surface area contributed by atoms with Crippen LogP contribution in [0.3, 0.4) is 0 Å². The van der Waals surface area contributed by atoms with Gasteiger partial charge >= 0.3 is 0 Å². The second-order valence-electron chi connectivity index (χ2n) is 5.70. The van der Waals surface area contributed by atoms with E-state index in [-0.39, 0.29) is 5.91 Å². The lowest BCUT2D eigenvalue weighted by molar-refractivity contribution is -0.123. The summed E-state index contributed by atoms with van der Waals surface area (Å²) in [7, 11) is 0. The minimum atomic E-state index is -0.393. The first-order chi connectivity index (χ1) is 12.2. The van der Waals surface area contributed by atoms with Crippen LogP contribution in [0.4, 0.5) is 0 Å². The highest BCUT2D eigenvalue weighted by Gasteiger charge is 2.21. The molecular weight excluding hydrogens is 332 g/mol. The number of carbonyl (C=O) groups excluding carboxylic acids is 1. The number of carbonyl (C=O) groups is 1. The van der Waals surface area contributed by atoms with Crippen molar-refractivity contribution in [1.29, 1.82) is 0 Å². The maximum absolute atomic E-state index is 12.7. The predicted molar refractivity (Wildman–Crippen MR) is 99.0 cm³/mol. The number of amides is 1. The third-order valence-corrected chi connectivity index (χ3v) is 4.80. The fraction of sp³-hybridized carbons (Fsp3) is 0.211. The van der Waals surface area contributed by atoms with Gasteiger partial charge in [-0.25, -0.2) is 0 Å². The first kappa shape index (κ1) is 17.3. The van der Waals surface area contributed by atoms with Crippen LogP contribution in [0.5, 0.6) is 0 Å². The van der Waals surface area contributed by atoms with Crippen LogP contribution in [-0.2, 0) is 17.9 Å². The van der Waals surface area contributed by atoms with Crippen molar-refractivity contribution in [2.24, 2.45) is 0 Å². The van der Waals surface area contributed by atoms with E-state index in [0.717, 1.165) is 16.0 Å². The lowest BCUT2D eigenvalue weighted by Crippen LogP contribution is -2.36. The van der Waals surface area contributed by atoms with Gasteiger partial charge < -0.3 is 5.32 Å². The van der Waals surface area contributed by atoms with Crippen LogP contribution in [0.15, 0.2) is 61.2 Å². The van der Waals surface area contributed by atoms with Gasteiger partial charge in [0.25, 0.3) is 0 Å². The quantitative estimate of drug-likeness (QED) is 0.686. The normalized spacial score (nSPS) is 11.9. The van der Waals surface area contributed by atoms with E-state index in [9.17, 15) is 4.79 Å². The summed E-state index contributed by atoms with van der Waals surface area (Å²) in [6.45, 7) is 3.08. The number of pyridine rings is 2. The van der Waals surface area contributed by atoms with Gasteiger partial charge in [0.05, 0.1) is 0 Å². The largest absolute Gasteiger partial charge is 0.350 e. The van der Waals surface area contributed by atoms with E-state index in [2.05, 4.69) is 20.6 Å². The molecule has 1 atom stereocenters. The van der Waals surface area contributed by atoms with Crippen LogP contribution in [0.1, 0.15) is 26.9 Å². The first-order valence-electron chi connectivity index (χ1n) is 8.07. The van der Waals surface area contributed by atoms with Crippen LogP contribution < -0.4 is 10.6 Å². The molecule has 0 aliphatic rings. The number of nitrogens with one attached hydrogen (secondary N) is 2. The Morgan fingerprint density at radius 1 is 1.04 bits per heavy atom. The van der Waals surface area contributed by atoms with Gasteiger partial charge in [0, 0.05) is 47.6 Å². The average Bonchev–Trinajstić information content (AvgIpc) is 3.08. The van der Waals surface area contributed by atoms with E-state index in [1.54, 1.807) is 36.1 Å². The number of aromatic nitrogens is 2. The van der Waals surface area contributed by atoms with Gasteiger partial charge in [-0.05, 0) is 42.3 Å². The first-order valence-corrected chi connectivity index (χ1v) is 8.89. The molecule has 0 fully saturated rings. The van der Waals surface area contributed by atoms with Crippen molar-refractivity contribution in [2.45, 2.75) is 26.1 Å². The molecule has 6 heteroatoms. The Labute approximate surface area is 151 Å². The Balaban J connectivity index is 1.68. The van der Waals surface area contributed by atoms with Crippen LogP contribution >= 0.6 is 11.3 Å². The number of thiophene rings is 1. The van der Waals surface area contributed by atoms with E-state index in [1.165, 1.54) is 4.88 Å². The molecule has 0 spiro atoms. The van der Waals surface area contributed by atoms with Crippen LogP contribution in [-0.4, -0.2) is 15.9 Å². The summed E-state index contributed by atoms with van der Waals surface area (Å²) in [5, 5.41) is 6.34. The summed E-state index contributed by atoms with van der Waals surface area (Å²) in [5.41, 5.74) is 2.02. The molecule has 3 aromatic heterocycles. The summed E-state index contributed by atoms with van der Waals surface area (Å²) in [4.78, 5) is 23.1. The second kappa shape index (κ2) is 8.50. The fourth-order valence-electron chi connectivity index (χ4n) is 2.45. The molecule has 0 aliphatic carbocycles. The zero-order chi connectivity index (χ0) is 17.5. The molecule has 2 N–H and O–H groups in total. The Bertz CT molecular complexity index is 805. The number of hydrogen-bond donors (Lipinski definition) is 2. The molecule has 0 aromatic carbocycles. The summed E-state index contributed by atoms with van der Waals surface area (Å²) in [5.74, 6) is -0.0467. The van der Waals surface area contributed by atoms with E-state index in [0.29, 0.717) is 13.1 Å². The van der Waals surface area contributed by atoms with Crippen molar-refractivity contribution in [1.82, 2.24) is 20.6 Å². The molecule has 3 heterocycles. The van der Waals surface area contributed by atoms with Gasteiger partial charge in [0.1, 0.15) is 6.04 Å². The Hall–Kier alpha value is -2.57. The van der Waals surface area contributed by atoms with Crippen LogP contribution in [0, 0.1) is 6.92 Å². The van der Waals surface area contributed by atoms with Crippen molar-refractivity contribution in [3.8, 4) is 0 Å². The van der Waals surface area contributed by atoms with Crippen molar-refractivity contribution in [3.63, 3.8) is 0 Å². The highest BCUT2D eigenvalue weighted by molar-refractivity contribution is 7.12. The van der Waals surface area contributed by atoms with E-state index in [4.69, 9.17) is 0 Å². The third kappa shape index (κ3) is 4.95. The standard InChI is InChI=1S/C19H20N4OS/c1-14-6-7-17(25-14)18(22-12-15-4-2-8-20-10-15)19(24)23-13-16-5-3-9-21-11-16/h2-11,18,22H,12-13H2,1H3,(H,23,24). The van der Waals surface area contributed by atoms with Gasteiger partial charge in [-0.1, -0.05) is 12.1 Å². The minimum absolute atomic E-state index is 0.0467. The van der Waals surface area contributed by atoms with Gasteiger partial charge in [-0.2, -0.15) is 0 Å². The molecule has 0 radical (unpaired) electrons. The zero-order valence-electron chi connectivity index (χ0n) is 14.0. The average molecular weight is 352 g/mol. The summed E-state index contributed by atoms with van der Waals surface area (Å²) >= 11 is 1.63. The second-order valence-corrected chi connectivity index (χ2v) is 7.02. The molecule has 25 heavy (non-hydrogen) atoms. The van der Waals surface area contributed by atoms with Crippen molar-refractivity contribution < 1.29 is 4.79 Å². The van der Waals surface area contributed by atoms with E-state index < -0.39 is 6.04 Å². The molecular formula is C19H20N4OS. The highest BCUT2D eigenvalue weighted by Crippen LogP contribution is 2.23. The zero-order valence-corrected chi connectivity index (χ0v) is 14.8. The Kier molecular flexibility index (Phi) is 5.87. The number of nitrogens with zero attached hydrogens (tertiary/aromatic N) is 2. The molecule has 1 unspecified atom stereocenters. The van der Waals surface area contributed by atoms with Crippen molar-refractivity contribution >= 4 is 17.2 Å². The van der Waals surface area contributed by atoms with Gasteiger partial charge in [0.15, 0.2) is 0 Å². The molecule has 3 aromatic rings. The summed E-state index contributed by atoms with van der Waals surface area (Å²) in [6.07, 6.45) is 7.02. The number of rotatable bonds is 7. The molecule has 0 saturated carbocycles. The highest BCUT2D eigenvalue weighted by atomic mass is 32.1. The monoisotopic (exact) mass is 352 g/mol. The van der Waals surface area contributed by atoms with Crippen LogP contribution in [0.25, 0.3) is 0 Å². The van der Waals surface area contributed by atoms with E-state index in [1.807, 2.05) is 43.3 Å². The smallest absolute Gasteiger partial charge is 0.242 e. The van der Waals surface area contributed by atoms with E-state index >= 15 is 0 Å². The molecule has 5 nitrogen and oxygen atoms in total. The molecule has 3 rings (SSSR count). The van der Waals surface area contributed by atoms with Crippen molar-refractivity contribution in [3.05, 3.63) is 82.1 Å². The molecule has 0 saturated heterocycles.